The van der Waals surface area contributed by atoms with Gasteiger partial charge in [-0.25, -0.2) is 14.5 Å². The Morgan fingerprint density at radius 3 is 2.51 bits per heavy atom. The van der Waals surface area contributed by atoms with Crippen LogP contribution in [0.2, 0.25) is 0 Å². The number of aromatic nitrogens is 8. The van der Waals surface area contributed by atoms with Crippen molar-refractivity contribution in [3.05, 3.63) is 64.4 Å². The molecule has 0 aliphatic rings. The molecule has 3 N–H and O–H groups in total. The fraction of sp³-hybridized carbons (Fsp3) is 0.222. The van der Waals surface area contributed by atoms with E-state index in [1.807, 2.05) is 20.0 Å². The summed E-state index contributed by atoms with van der Waals surface area (Å²) in [4.78, 5) is 34.1. The molecular weight excluding hydrogens is 585 g/mol. The van der Waals surface area contributed by atoms with E-state index in [1.54, 1.807) is 24.7 Å². The first-order valence-electron chi connectivity index (χ1n) is 12.9. The van der Waals surface area contributed by atoms with Gasteiger partial charge in [-0.15, -0.1) is 11.3 Å². The summed E-state index contributed by atoms with van der Waals surface area (Å²) in [6, 6.07) is 2.62. The molecule has 0 bridgehead atoms. The first-order valence-corrected chi connectivity index (χ1v) is 13.7. The molecule has 43 heavy (non-hydrogen) atoms. The number of amides is 2. The highest BCUT2D eigenvalue weighted by Gasteiger charge is 2.35. The van der Waals surface area contributed by atoms with E-state index in [0.717, 1.165) is 17.3 Å². The molecule has 0 aliphatic heterocycles. The van der Waals surface area contributed by atoms with E-state index in [9.17, 15) is 22.8 Å². The Labute approximate surface area is 245 Å². The van der Waals surface area contributed by atoms with Gasteiger partial charge >= 0.3 is 6.18 Å². The molecule has 0 spiro atoms. The molecule has 0 saturated carbocycles. The van der Waals surface area contributed by atoms with Crippen LogP contribution in [0.25, 0.3) is 38.2 Å². The number of nitrogens with two attached hydrogens (primary N) is 1. The third-order valence-corrected chi connectivity index (χ3v) is 8.23. The van der Waals surface area contributed by atoms with E-state index < -0.39 is 23.7 Å². The number of nitrogens with one attached hydrogen (secondary N) is 1. The number of primary amides is 1. The maximum Gasteiger partial charge on any atom is 0.433 e. The summed E-state index contributed by atoms with van der Waals surface area (Å²) >= 11 is 0.659. The Bertz CT molecular complexity index is 2090. The van der Waals surface area contributed by atoms with E-state index in [4.69, 9.17) is 5.73 Å². The second kappa shape index (κ2) is 10.0. The molecule has 2 amide bonds. The highest BCUT2D eigenvalue weighted by atomic mass is 32.1. The molecule has 6 aromatic rings. The van der Waals surface area contributed by atoms with E-state index in [2.05, 4.69) is 30.6 Å². The van der Waals surface area contributed by atoms with Gasteiger partial charge in [-0.05, 0) is 38.5 Å². The summed E-state index contributed by atoms with van der Waals surface area (Å²) in [7, 11) is 1.65. The zero-order valence-electron chi connectivity index (χ0n) is 23.2. The SMILES string of the molecule is CCn1cc(-c2ccnc3c(C(=O)Nc4c(C(N)=O)sc5nc(C(F)(F)F)cc(-c6cnn(C)c6C)c45)cnn23)c(C)n1. The van der Waals surface area contributed by atoms with Gasteiger partial charge in [0.1, 0.15) is 21.0 Å². The molecule has 6 rings (SSSR count). The van der Waals surface area contributed by atoms with Gasteiger partial charge in [0.05, 0.1) is 29.5 Å². The van der Waals surface area contributed by atoms with E-state index in [-0.39, 0.29) is 37.6 Å². The zero-order valence-corrected chi connectivity index (χ0v) is 24.0. The molecule has 0 fully saturated rings. The number of halogens is 3. The van der Waals surface area contributed by atoms with Gasteiger partial charge in [0.2, 0.25) is 0 Å². The Balaban J connectivity index is 1.51. The van der Waals surface area contributed by atoms with Gasteiger partial charge in [0.25, 0.3) is 11.8 Å². The Morgan fingerprint density at radius 1 is 1.12 bits per heavy atom. The van der Waals surface area contributed by atoms with Crippen molar-refractivity contribution in [3.8, 4) is 22.4 Å². The van der Waals surface area contributed by atoms with Crippen molar-refractivity contribution in [2.45, 2.75) is 33.5 Å². The molecule has 6 heterocycles. The van der Waals surface area contributed by atoms with Crippen LogP contribution in [0.4, 0.5) is 18.9 Å². The molecule has 0 radical (unpaired) electrons. The smallest absolute Gasteiger partial charge is 0.365 e. The second-order valence-corrected chi connectivity index (χ2v) is 10.7. The summed E-state index contributed by atoms with van der Waals surface area (Å²) in [5.41, 5.74) is 7.94. The molecule has 16 heteroatoms. The minimum atomic E-state index is -4.77. The number of hydrogen-bond acceptors (Lipinski definition) is 8. The van der Waals surface area contributed by atoms with Gasteiger partial charge in [-0.3, -0.25) is 19.0 Å². The lowest BCUT2D eigenvalue weighted by atomic mass is 10.0. The van der Waals surface area contributed by atoms with Crippen LogP contribution in [-0.4, -0.2) is 51.0 Å². The molecule has 12 nitrogen and oxygen atoms in total. The van der Waals surface area contributed by atoms with Crippen LogP contribution in [0.3, 0.4) is 0 Å². The summed E-state index contributed by atoms with van der Waals surface area (Å²) in [6.45, 7) is 6.18. The number of rotatable bonds is 6. The fourth-order valence-corrected chi connectivity index (χ4v) is 5.89. The number of thiophene rings is 1. The lowest BCUT2D eigenvalue weighted by molar-refractivity contribution is -0.140. The van der Waals surface area contributed by atoms with Crippen LogP contribution in [0.1, 0.15) is 44.0 Å². The third kappa shape index (κ3) is 4.59. The predicted octanol–water partition coefficient (Wildman–Crippen LogP) is 4.61. The lowest BCUT2D eigenvalue weighted by Crippen LogP contribution is -2.17. The van der Waals surface area contributed by atoms with Crippen LogP contribution < -0.4 is 11.1 Å². The highest BCUT2D eigenvalue weighted by molar-refractivity contribution is 7.21. The normalized spacial score (nSPS) is 12.0. The molecule has 0 aromatic carbocycles. The van der Waals surface area contributed by atoms with Crippen LogP contribution in [0.15, 0.2) is 36.9 Å². The van der Waals surface area contributed by atoms with Crippen LogP contribution in [-0.2, 0) is 19.8 Å². The Kier molecular flexibility index (Phi) is 6.52. The molecular formula is C27H23F3N10O2S. The number of hydrogen-bond donors (Lipinski definition) is 2. The molecule has 0 aliphatic carbocycles. The third-order valence-electron chi connectivity index (χ3n) is 7.13. The number of fused-ring (bicyclic) bond motifs is 2. The maximum atomic E-state index is 13.9. The summed E-state index contributed by atoms with van der Waals surface area (Å²) in [6.07, 6.45) is 1.37. The fourth-order valence-electron chi connectivity index (χ4n) is 4.88. The zero-order chi connectivity index (χ0) is 30.8. The van der Waals surface area contributed by atoms with Crippen molar-refractivity contribution < 1.29 is 22.8 Å². The van der Waals surface area contributed by atoms with E-state index >= 15 is 0 Å². The number of alkyl halides is 3. The number of carbonyl (C=O) groups is 2. The second-order valence-electron chi connectivity index (χ2n) is 9.73. The maximum absolute atomic E-state index is 13.9. The van der Waals surface area contributed by atoms with Crippen molar-refractivity contribution in [1.29, 1.82) is 0 Å². The lowest BCUT2D eigenvalue weighted by Gasteiger charge is -2.12. The van der Waals surface area contributed by atoms with E-state index in [0.29, 0.717) is 34.8 Å². The molecule has 0 atom stereocenters. The minimum Gasteiger partial charge on any atom is -0.365 e. The Hall–Kier alpha value is -5.12. The van der Waals surface area contributed by atoms with Gasteiger partial charge in [0.15, 0.2) is 5.65 Å². The van der Waals surface area contributed by atoms with E-state index in [1.165, 1.54) is 27.8 Å². The summed E-state index contributed by atoms with van der Waals surface area (Å²) in [5.74, 6) is -1.64. The van der Waals surface area contributed by atoms with Gasteiger partial charge in [0, 0.05) is 48.2 Å². The highest BCUT2D eigenvalue weighted by Crippen LogP contribution is 2.44. The molecule has 0 saturated heterocycles. The van der Waals surface area contributed by atoms with Crippen LogP contribution in [0.5, 0.6) is 0 Å². The average Bonchev–Trinajstić information content (AvgIpc) is 3.72. The number of nitrogens with zero attached hydrogens (tertiary/aromatic N) is 8. The van der Waals surface area contributed by atoms with Crippen molar-refractivity contribution >= 4 is 44.7 Å². The average molecular weight is 609 g/mol. The molecule has 220 valence electrons. The van der Waals surface area contributed by atoms with Gasteiger partial charge in [-0.2, -0.15) is 28.5 Å². The molecule has 0 unspecified atom stereocenters. The minimum absolute atomic E-state index is 0.0625. The predicted molar refractivity (Wildman–Crippen MR) is 153 cm³/mol. The first-order chi connectivity index (χ1) is 20.4. The van der Waals surface area contributed by atoms with Crippen LogP contribution in [0, 0.1) is 13.8 Å². The number of pyridine rings is 1. The van der Waals surface area contributed by atoms with Crippen molar-refractivity contribution in [2.75, 3.05) is 5.32 Å². The standard InChI is InChI=1S/C27H23F3N10O2S/c1-5-39-11-17(12(2)37-39)18-6-7-32-24-16(10-34-40(18)24)25(42)36-21-20-14(15-9-33-38(4)13(15)3)8-19(27(28,29)30)35-26(20)43-22(21)23(31)41/h6-11H,5H2,1-4H3,(H2,31,41)(H,36,42). The summed E-state index contributed by atoms with van der Waals surface area (Å²) in [5, 5.41) is 15.8. The largest absolute Gasteiger partial charge is 0.433 e. The number of anilines is 1. The topological polar surface area (TPSA) is 151 Å². The summed E-state index contributed by atoms with van der Waals surface area (Å²) < 4.78 is 46.4. The number of aryl methyl sites for hydroxylation is 3. The van der Waals surface area contributed by atoms with Crippen LogP contribution >= 0.6 is 11.3 Å². The first kappa shape index (κ1) is 28.0. The van der Waals surface area contributed by atoms with Crippen molar-refractivity contribution in [1.82, 2.24) is 39.1 Å². The monoisotopic (exact) mass is 608 g/mol. The van der Waals surface area contributed by atoms with Gasteiger partial charge < -0.3 is 11.1 Å². The number of carbonyl (C=O) groups excluding carboxylic acids is 2. The Morgan fingerprint density at radius 2 is 1.88 bits per heavy atom. The quantitative estimate of drug-likeness (QED) is 0.280. The van der Waals surface area contributed by atoms with Gasteiger partial charge in [-0.1, -0.05) is 0 Å². The van der Waals surface area contributed by atoms with Crippen molar-refractivity contribution in [2.24, 2.45) is 12.8 Å². The molecule has 6 aromatic heterocycles. The van der Waals surface area contributed by atoms with Crippen molar-refractivity contribution in [3.63, 3.8) is 0 Å².